The van der Waals surface area contributed by atoms with Gasteiger partial charge in [0.25, 0.3) is 5.91 Å². The average molecular weight is 286 g/mol. The minimum atomic E-state index is -1.79. The molecule has 0 radical (unpaired) electrons. The van der Waals surface area contributed by atoms with Crippen LogP contribution >= 0.6 is 0 Å². The van der Waals surface area contributed by atoms with Gasteiger partial charge in [0.15, 0.2) is 0 Å². The molecule has 0 saturated carbocycles. The molecule has 1 N–H and O–H groups in total. The predicted molar refractivity (Wildman–Crippen MR) is 71.1 cm³/mol. The van der Waals surface area contributed by atoms with Crippen molar-refractivity contribution < 1.29 is 19.0 Å². The van der Waals surface area contributed by atoms with Gasteiger partial charge < -0.3 is 14.7 Å². The number of piperidine rings is 1. The number of ether oxygens (including phenoxy) is 1. The van der Waals surface area contributed by atoms with Crippen molar-refractivity contribution in [2.45, 2.75) is 43.5 Å². The number of carbonyl (C=O) groups excluding carboxylic acids is 1. The van der Waals surface area contributed by atoms with E-state index in [9.17, 15) is 14.3 Å². The van der Waals surface area contributed by atoms with Gasteiger partial charge >= 0.3 is 0 Å². The summed E-state index contributed by atoms with van der Waals surface area (Å²) in [5, 5.41) is 9.58. The topological polar surface area (TPSA) is 53.0 Å². The zero-order chi connectivity index (χ0) is 14.2. The van der Waals surface area contributed by atoms with E-state index < -0.39 is 11.6 Å². The van der Waals surface area contributed by atoms with Gasteiger partial charge in [0.1, 0.15) is 0 Å². The molecule has 0 aliphatic carbocycles. The molecule has 20 heavy (non-hydrogen) atoms. The van der Waals surface area contributed by atoms with Crippen molar-refractivity contribution in [1.29, 1.82) is 0 Å². The molecule has 2 atom stereocenters. The summed E-state index contributed by atoms with van der Waals surface area (Å²) in [5.41, 5.74) is -1.79. The Labute approximate surface area is 118 Å². The van der Waals surface area contributed by atoms with Crippen molar-refractivity contribution in [3.63, 3.8) is 0 Å². The Balaban J connectivity index is 1.52. The van der Waals surface area contributed by atoms with E-state index >= 15 is 0 Å². The Kier molecular flexibility index (Phi) is 3.97. The molecular formula is C14H23FN2O3. The summed E-state index contributed by atoms with van der Waals surface area (Å²) < 4.78 is 19.4. The Morgan fingerprint density at radius 2 is 2.00 bits per heavy atom. The molecule has 3 saturated heterocycles. The van der Waals surface area contributed by atoms with Gasteiger partial charge in [-0.15, -0.1) is 0 Å². The average Bonchev–Trinajstić information content (AvgIpc) is 3.08. The molecule has 2 unspecified atom stereocenters. The van der Waals surface area contributed by atoms with E-state index in [2.05, 4.69) is 4.90 Å². The van der Waals surface area contributed by atoms with Gasteiger partial charge in [-0.3, -0.25) is 9.69 Å². The second kappa shape index (κ2) is 5.58. The summed E-state index contributed by atoms with van der Waals surface area (Å²) >= 11 is 0. The van der Waals surface area contributed by atoms with Crippen LogP contribution in [0.4, 0.5) is 4.39 Å². The Morgan fingerprint density at radius 3 is 2.55 bits per heavy atom. The number of aliphatic hydroxyl groups excluding tert-OH is 1. The SMILES string of the molecule is O=C(N1CCC(N2CCC(O)C2)CC1)C1(F)CCOC1. The van der Waals surface area contributed by atoms with Crippen LogP contribution in [0.15, 0.2) is 0 Å². The number of nitrogens with zero attached hydrogens (tertiary/aromatic N) is 2. The fourth-order valence-corrected chi connectivity index (χ4v) is 3.53. The van der Waals surface area contributed by atoms with Crippen LogP contribution in [-0.2, 0) is 9.53 Å². The highest BCUT2D eigenvalue weighted by atomic mass is 19.1. The first kappa shape index (κ1) is 14.2. The number of rotatable bonds is 2. The van der Waals surface area contributed by atoms with E-state index in [4.69, 9.17) is 4.74 Å². The molecular weight excluding hydrogens is 263 g/mol. The van der Waals surface area contributed by atoms with Crippen molar-refractivity contribution in [2.24, 2.45) is 0 Å². The molecule has 0 spiro atoms. The van der Waals surface area contributed by atoms with Crippen molar-refractivity contribution in [3.05, 3.63) is 0 Å². The highest BCUT2D eigenvalue weighted by molar-refractivity contribution is 5.85. The first-order valence-corrected chi connectivity index (χ1v) is 7.57. The molecule has 114 valence electrons. The standard InChI is InChI=1S/C14H23FN2O3/c15-14(4-8-20-10-14)13(19)16-5-1-11(2-6-16)17-7-3-12(18)9-17/h11-12,18H,1-10H2. The lowest BCUT2D eigenvalue weighted by molar-refractivity contribution is -0.145. The van der Waals surface area contributed by atoms with Gasteiger partial charge in [-0.25, -0.2) is 4.39 Å². The van der Waals surface area contributed by atoms with Crippen molar-refractivity contribution in [1.82, 2.24) is 9.80 Å². The molecule has 0 aromatic rings. The largest absolute Gasteiger partial charge is 0.392 e. The molecule has 3 rings (SSSR count). The van der Waals surface area contributed by atoms with E-state index in [1.54, 1.807) is 4.90 Å². The van der Waals surface area contributed by atoms with Crippen LogP contribution in [0.25, 0.3) is 0 Å². The fraction of sp³-hybridized carbons (Fsp3) is 0.929. The third-order valence-electron chi connectivity index (χ3n) is 4.82. The lowest BCUT2D eigenvalue weighted by atomic mass is 9.99. The molecule has 3 aliphatic heterocycles. The van der Waals surface area contributed by atoms with Crippen LogP contribution in [0.3, 0.4) is 0 Å². The first-order chi connectivity index (χ1) is 9.58. The molecule has 0 aromatic heterocycles. The molecule has 3 heterocycles. The Bertz CT molecular complexity index is 365. The van der Waals surface area contributed by atoms with Crippen molar-refractivity contribution in [3.8, 4) is 0 Å². The zero-order valence-electron chi connectivity index (χ0n) is 11.8. The van der Waals surface area contributed by atoms with Gasteiger partial charge in [0, 0.05) is 38.6 Å². The van der Waals surface area contributed by atoms with E-state index in [1.807, 2.05) is 0 Å². The lowest BCUT2D eigenvalue weighted by Crippen LogP contribution is -2.52. The van der Waals surface area contributed by atoms with Gasteiger partial charge in [0.05, 0.1) is 19.3 Å². The first-order valence-electron chi connectivity index (χ1n) is 7.57. The zero-order valence-corrected chi connectivity index (χ0v) is 11.8. The van der Waals surface area contributed by atoms with E-state index in [1.165, 1.54) is 0 Å². The van der Waals surface area contributed by atoms with Gasteiger partial charge in [-0.1, -0.05) is 0 Å². The Hall–Kier alpha value is -0.720. The molecule has 0 aromatic carbocycles. The van der Waals surface area contributed by atoms with Crippen LogP contribution in [0.5, 0.6) is 0 Å². The number of amides is 1. The van der Waals surface area contributed by atoms with Crippen molar-refractivity contribution in [2.75, 3.05) is 39.4 Å². The monoisotopic (exact) mass is 286 g/mol. The summed E-state index contributed by atoms with van der Waals surface area (Å²) in [4.78, 5) is 16.2. The van der Waals surface area contributed by atoms with E-state index in [0.717, 1.165) is 32.4 Å². The van der Waals surface area contributed by atoms with Crippen LogP contribution in [0.2, 0.25) is 0 Å². The lowest BCUT2D eigenvalue weighted by Gasteiger charge is -2.38. The van der Waals surface area contributed by atoms with E-state index in [0.29, 0.717) is 25.7 Å². The maximum atomic E-state index is 14.4. The molecule has 6 heteroatoms. The molecule has 5 nitrogen and oxygen atoms in total. The highest BCUT2D eigenvalue weighted by Gasteiger charge is 2.46. The maximum Gasteiger partial charge on any atom is 0.262 e. The molecule has 0 bridgehead atoms. The van der Waals surface area contributed by atoms with Crippen LogP contribution in [-0.4, -0.2) is 78.0 Å². The third kappa shape index (κ3) is 2.69. The highest BCUT2D eigenvalue weighted by Crippen LogP contribution is 2.28. The summed E-state index contributed by atoms with van der Waals surface area (Å²) in [6, 6.07) is 0.423. The summed E-state index contributed by atoms with van der Waals surface area (Å²) in [5.74, 6) is -0.394. The normalized spacial score (nSPS) is 36.7. The third-order valence-corrected chi connectivity index (χ3v) is 4.82. The maximum absolute atomic E-state index is 14.4. The summed E-state index contributed by atoms with van der Waals surface area (Å²) in [6.07, 6.45) is 2.55. The number of hydrogen-bond acceptors (Lipinski definition) is 4. The van der Waals surface area contributed by atoms with Crippen molar-refractivity contribution >= 4 is 5.91 Å². The fourth-order valence-electron chi connectivity index (χ4n) is 3.53. The molecule has 3 fully saturated rings. The van der Waals surface area contributed by atoms with Crippen LogP contribution in [0, 0.1) is 0 Å². The minimum Gasteiger partial charge on any atom is -0.392 e. The number of halogens is 1. The number of alkyl halides is 1. The predicted octanol–water partition coefficient (Wildman–Crippen LogP) is 0.173. The number of hydrogen-bond donors (Lipinski definition) is 1. The number of aliphatic hydroxyl groups is 1. The quantitative estimate of drug-likeness (QED) is 0.786. The van der Waals surface area contributed by atoms with E-state index in [-0.39, 0.29) is 19.1 Å². The van der Waals surface area contributed by atoms with Gasteiger partial charge in [-0.2, -0.15) is 0 Å². The molecule has 3 aliphatic rings. The second-order valence-electron chi connectivity index (χ2n) is 6.23. The van der Waals surface area contributed by atoms with Crippen LogP contribution in [0.1, 0.15) is 25.7 Å². The van der Waals surface area contributed by atoms with Crippen LogP contribution < -0.4 is 0 Å². The molecule has 1 amide bonds. The smallest absolute Gasteiger partial charge is 0.262 e. The number of likely N-dealkylation sites (tertiary alicyclic amines) is 2. The summed E-state index contributed by atoms with van der Waals surface area (Å²) in [7, 11) is 0. The minimum absolute atomic E-state index is 0.0932. The summed E-state index contributed by atoms with van der Waals surface area (Å²) in [6.45, 7) is 3.14. The Morgan fingerprint density at radius 1 is 1.25 bits per heavy atom. The second-order valence-corrected chi connectivity index (χ2v) is 6.23. The number of β-amino-alcohol motifs (C(OH)–C–C–N with tert-alkyl or cyclic N) is 1. The van der Waals surface area contributed by atoms with Gasteiger partial charge in [0.2, 0.25) is 5.67 Å². The van der Waals surface area contributed by atoms with Gasteiger partial charge in [-0.05, 0) is 19.3 Å². The number of carbonyl (C=O) groups is 1.